The van der Waals surface area contributed by atoms with E-state index in [1.165, 1.54) is 0 Å². The van der Waals surface area contributed by atoms with Crippen molar-refractivity contribution in [2.75, 3.05) is 26.2 Å². The second-order valence-corrected chi connectivity index (χ2v) is 3.58. The summed E-state index contributed by atoms with van der Waals surface area (Å²) in [6.45, 7) is 7.00. The molecule has 0 radical (unpaired) electrons. The maximum absolute atomic E-state index is 11.6. The third kappa shape index (κ3) is 3.18. The highest BCUT2D eigenvalue weighted by atomic mass is 16.5. The van der Waals surface area contributed by atoms with Crippen molar-refractivity contribution in [3.63, 3.8) is 0 Å². The molecule has 0 aromatic carbocycles. The Labute approximate surface area is 85.6 Å². The maximum atomic E-state index is 11.6. The number of amides is 2. The molecule has 0 saturated carbocycles. The third-order valence-electron chi connectivity index (χ3n) is 2.41. The smallest absolute Gasteiger partial charge is 0.317 e. The van der Waals surface area contributed by atoms with Gasteiger partial charge in [-0.1, -0.05) is 13.8 Å². The molecule has 1 atom stereocenters. The summed E-state index contributed by atoms with van der Waals surface area (Å²) < 4.78 is 5.49. The van der Waals surface area contributed by atoms with Crippen molar-refractivity contribution in [1.82, 2.24) is 10.2 Å². The second-order valence-electron chi connectivity index (χ2n) is 3.58. The third-order valence-corrected chi connectivity index (χ3v) is 2.41. The molecule has 1 N–H and O–H groups in total. The molecule has 0 spiro atoms. The van der Waals surface area contributed by atoms with E-state index in [4.69, 9.17) is 4.74 Å². The van der Waals surface area contributed by atoms with Gasteiger partial charge in [-0.15, -0.1) is 0 Å². The molecule has 1 rings (SSSR count). The van der Waals surface area contributed by atoms with Crippen LogP contribution in [-0.4, -0.2) is 43.3 Å². The van der Waals surface area contributed by atoms with Crippen molar-refractivity contribution < 1.29 is 9.53 Å². The molecule has 0 aromatic rings. The molecule has 2 amide bonds. The first kappa shape index (κ1) is 11.3. The lowest BCUT2D eigenvalue weighted by atomic mass is 10.2. The zero-order valence-corrected chi connectivity index (χ0v) is 9.08. The molecule has 1 aliphatic rings. The van der Waals surface area contributed by atoms with Gasteiger partial charge in [0.1, 0.15) is 0 Å². The predicted octanol–water partition coefficient (Wildman–Crippen LogP) is 1.22. The van der Waals surface area contributed by atoms with E-state index < -0.39 is 0 Å². The molecule has 0 aromatic heterocycles. The van der Waals surface area contributed by atoms with Crippen LogP contribution in [0.25, 0.3) is 0 Å². The van der Waals surface area contributed by atoms with Crippen LogP contribution < -0.4 is 5.32 Å². The van der Waals surface area contributed by atoms with E-state index in [9.17, 15) is 4.79 Å². The van der Waals surface area contributed by atoms with Crippen molar-refractivity contribution in [3.05, 3.63) is 0 Å². The highest BCUT2D eigenvalue weighted by Gasteiger charge is 2.22. The van der Waals surface area contributed by atoms with Gasteiger partial charge in [0.2, 0.25) is 0 Å². The fourth-order valence-corrected chi connectivity index (χ4v) is 1.49. The molecule has 0 bridgehead atoms. The number of carbonyl (C=O) groups is 1. The van der Waals surface area contributed by atoms with Gasteiger partial charge in [-0.25, -0.2) is 4.79 Å². The standard InChI is InChI=1S/C10H20N2O2/c1-3-5-11-10(13)12-6-7-14-9(4-2)8-12/h9H,3-8H2,1-2H3,(H,11,13). The first-order valence-electron chi connectivity index (χ1n) is 5.42. The minimum absolute atomic E-state index is 0.0496. The predicted molar refractivity (Wildman–Crippen MR) is 55.3 cm³/mol. The lowest BCUT2D eigenvalue weighted by Gasteiger charge is -2.32. The average Bonchev–Trinajstić information content (AvgIpc) is 2.26. The topological polar surface area (TPSA) is 41.6 Å². The summed E-state index contributed by atoms with van der Waals surface area (Å²) in [5, 5.41) is 2.88. The molecule has 4 heteroatoms. The average molecular weight is 200 g/mol. The first-order chi connectivity index (χ1) is 6.77. The van der Waals surface area contributed by atoms with Crippen LogP contribution in [0.3, 0.4) is 0 Å². The molecule has 1 aliphatic heterocycles. The van der Waals surface area contributed by atoms with Gasteiger partial charge in [0.25, 0.3) is 0 Å². The van der Waals surface area contributed by atoms with Crippen LogP contribution in [0.2, 0.25) is 0 Å². The summed E-state index contributed by atoms with van der Waals surface area (Å²) in [5.41, 5.74) is 0. The van der Waals surface area contributed by atoms with E-state index in [0.717, 1.165) is 25.9 Å². The molecular weight excluding hydrogens is 180 g/mol. The Hall–Kier alpha value is -0.770. The Bertz CT molecular complexity index is 185. The summed E-state index contributed by atoms with van der Waals surface area (Å²) in [4.78, 5) is 13.4. The number of nitrogens with one attached hydrogen (secondary N) is 1. The van der Waals surface area contributed by atoms with E-state index in [2.05, 4.69) is 19.2 Å². The van der Waals surface area contributed by atoms with Crippen LogP contribution in [-0.2, 0) is 4.74 Å². The number of morpholine rings is 1. The Morgan fingerprint density at radius 2 is 2.36 bits per heavy atom. The van der Waals surface area contributed by atoms with Crippen molar-refractivity contribution in [1.29, 1.82) is 0 Å². The monoisotopic (exact) mass is 200 g/mol. The highest BCUT2D eigenvalue weighted by molar-refractivity contribution is 5.74. The Kier molecular flexibility index (Phi) is 4.73. The zero-order chi connectivity index (χ0) is 10.4. The highest BCUT2D eigenvalue weighted by Crippen LogP contribution is 2.07. The van der Waals surface area contributed by atoms with E-state index in [1.807, 2.05) is 4.90 Å². The largest absolute Gasteiger partial charge is 0.375 e. The molecule has 1 fully saturated rings. The quantitative estimate of drug-likeness (QED) is 0.744. The van der Waals surface area contributed by atoms with Gasteiger partial charge in [-0.3, -0.25) is 0 Å². The van der Waals surface area contributed by atoms with Gasteiger partial charge in [0.05, 0.1) is 12.7 Å². The second kappa shape index (κ2) is 5.86. The number of ether oxygens (including phenoxy) is 1. The summed E-state index contributed by atoms with van der Waals surface area (Å²) in [6, 6.07) is 0.0496. The van der Waals surface area contributed by atoms with Gasteiger partial charge >= 0.3 is 6.03 Å². The summed E-state index contributed by atoms with van der Waals surface area (Å²) in [6.07, 6.45) is 2.17. The molecule has 0 aliphatic carbocycles. The minimum Gasteiger partial charge on any atom is -0.375 e. The summed E-state index contributed by atoms with van der Waals surface area (Å²) in [5.74, 6) is 0. The SMILES string of the molecule is CCCNC(=O)N1CCOC(CC)C1. The number of hydrogen-bond donors (Lipinski definition) is 1. The zero-order valence-electron chi connectivity index (χ0n) is 9.08. The van der Waals surface area contributed by atoms with Gasteiger partial charge in [-0.2, -0.15) is 0 Å². The molecule has 14 heavy (non-hydrogen) atoms. The number of carbonyl (C=O) groups excluding carboxylic acids is 1. The van der Waals surface area contributed by atoms with E-state index >= 15 is 0 Å². The van der Waals surface area contributed by atoms with Crippen LogP contribution >= 0.6 is 0 Å². The van der Waals surface area contributed by atoms with E-state index in [0.29, 0.717) is 13.2 Å². The normalized spacial score (nSPS) is 22.1. The van der Waals surface area contributed by atoms with Crippen LogP contribution in [0.15, 0.2) is 0 Å². The number of hydrogen-bond acceptors (Lipinski definition) is 2. The molecule has 1 saturated heterocycles. The Morgan fingerprint density at radius 3 is 3.00 bits per heavy atom. The van der Waals surface area contributed by atoms with Gasteiger partial charge in [-0.05, 0) is 12.8 Å². The number of nitrogens with zero attached hydrogens (tertiary/aromatic N) is 1. The van der Waals surface area contributed by atoms with Gasteiger partial charge < -0.3 is 15.0 Å². The molecule has 1 heterocycles. The fourth-order valence-electron chi connectivity index (χ4n) is 1.49. The van der Waals surface area contributed by atoms with Crippen molar-refractivity contribution >= 4 is 6.03 Å². The molecule has 1 unspecified atom stereocenters. The maximum Gasteiger partial charge on any atom is 0.317 e. The van der Waals surface area contributed by atoms with E-state index in [-0.39, 0.29) is 12.1 Å². The molecule has 4 nitrogen and oxygen atoms in total. The van der Waals surface area contributed by atoms with Crippen molar-refractivity contribution in [3.8, 4) is 0 Å². The lowest BCUT2D eigenvalue weighted by molar-refractivity contribution is -0.0153. The van der Waals surface area contributed by atoms with Gasteiger partial charge in [0, 0.05) is 19.6 Å². The van der Waals surface area contributed by atoms with Crippen molar-refractivity contribution in [2.24, 2.45) is 0 Å². The summed E-state index contributed by atoms with van der Waals surface area (Å²) >= 11 is 0. The van der Waals surface area contributed by atoms with Crippen LogP contribution in [0.4, 0.5) is 4.79 Å². The Balaban J connectivity index is 2.31. The van der Waals surface area contributed by atoms with Crippen LogP contribution in [0.1, 0.15) is 26.7 Å². The fraction of sp³-hybridized carbons (Fsp3) is 0.900. The lowest BCUT2D eigenvalue weighted by Crippen LogP contribution is -2.49. The Morgan fingerprint density at radius 1 is 1.57 bits per heavy atom. The summed E-state index contributed by atoms with van der Waals surface area (Å²) in [7, 11) is 0. The van der Waals surface area contributed by atoms with Gasteiger partial charge in [0.15, 0.2) is 0 Å². The molecular formula is C10H20N2O2. The molecule has 82 valence electrons. The van der Waals surface area contributed by atoms with Crippen LogP contribution in [0.5, 0.6) is 0 Å². The van der Waals surface area contributed by atoms with Crippen molar-refractivity contribution in [2.45, 2.75) is 32.8 Å². The number of rotatable bonds is 3. The van der Waals surface area contributed by atoms with Crippen LogP contribution in [0, 0.1) is 0 Å². The number of urea groups is 1. The van der Waals surface area contributed by atoms with E-state index in [1.54, 1.807) is 0 Å². The first-order valence-corrected chi connectivity index (χ1v) is 5.42. The minimum atomic E-state index is 0.0496.